The second-order valence-corrected chi connectivity index (χ2v) is 12.6. The van der Waals surface area contributed by atoms with Gasteiger partial charge < -0.3 is 10.6 Å². The maximum Gasteiger partial charge on any atom is 0.392 e. The Morgan fingerprint density at radius 2 is 1.55 bits per heavy atom. The summed E-state index contributed by atoms with van der Waals surface area (Å²) < 4.78 is 95.1. The highest BCUT2D eigenvalue weighted by atomic mass is 19.4. The molecule has 1 unspecified atom stereocenters. The van der Waals surface area contributed by atoms with Gasteiger partial charge in [0.2, 0.25) is 29.4 Å². The van der Waals surface area contributed by atoms with Crippen LogP contribution in [0, 0.1) is 29.6 Å². The molecule has 2 amide bonds. The second-order valence-electron chi connectivity index (χ2n) is 12.6. The summed E-state index contributed by atoms with van der Waals surface area (Å²) in [5.74, 6) is -10.0. The molecule has 4 fully saturated rings. The average molecular weight is 604 g/mol. The third kappa shape index (κ3) is 6.36. The third-order valence-corrected chi connectivity index (χ3v) is 9.14. The predicted octanol–water partition coefficient (Wildman–Crippen LogP) is 5.91. The van der Waals surface area contributed by atoms with E-state index >= 15 is 0 Å². The van der Waals surface area contributed by atoms with Crippen molar-refractivity contribution in [3.63, 3.8) is 0 Å². The molecule has 0 spiro atoms. The molecule has 0 aliphatic heterocycles. The molecule has 0 aromatic carbocycles. The number of fused-ring (bicyclic) bond motifs is 1. The van der Waals surface area contributed by atoms with Crippen LogP contribution in [0.25, 0.3) is 5.78 Å². The van der Waals surface area contributed by atoms with Crippen molar-refractivity contribution < 1.29 is 40.3 Å². The van der Waals surface area contributed by atoms with Gasteiger partial charge in [-0.15, -0.1) is 0 Å². The second kappa shape index (κ2) is 10.4. The van der Waals surface area contributed by atoms with Gasteiger partial charge in [-0.25, -0.2) is 27.5 Å². The summed E-state index contributed by atoms with van der Waals surface area (Å²) in [5.41, 5.74) is 0.837. The lowest BCUT2D eigenvalue weighted by molar-refractivity contribution is -0.155. The Labute approximate surface area is 237 Å². The Kier molecular flexibility index (Phi) is 7.19. The summed E-state index contributed by atoms with van der Waals surface area (Å²) >= 11 is 0. The quantitative estimate of drug-likeness (QED) is 0.349. The molecule has 0 radical (unpaired) electrons. The minimum atomic E-state index is -4.48. The Morgan fingerprint density at radius 1 is 0.929 bits per heavy atom. The average Bonchev–Trinajstić information content (AvgIpc) is 3.80. The zero-order valence-corrected chi connectivity index (χ0v) is 22.6. The summed E-state index contributed by atoms with van der Waals surface area (Å²) in [6.07, 6.45) is -1.07. The van der Waals surface area contributed by atoms with Crippen LogP contribution in [0.3, 0.4) is 0 Å². The first kappa shape index (κ1) is 29.2. The van der Waals surface area contributed by atoms with Crippen molar-refractivity contribution >= 4 is 17.6 Å². The van der Waals surface area contributed by atoms with E-state index in [1.54, 1.807) is 22.9 Å². The maximum absolute atomic E-state index is 13.9. The highest BCUT2D eigenvalue weighted by Crippen LogP contribution is 2.51. The highest BCUT2D eigenvalue weighted by Gasteiger charge is 2.59. The molecule has 4 atom stereocenters. The van der Waals surface area contributed by atoms with Crippen LogP contribution in [0.5, 0.6) is 0 Å². The largest absolute Gasteiger partial charge is 0.392 e. The van der Waals surface area contributed by atoms with E-state index < -0.39 is 66.6 Å². The molecule has 14 heteroatoms. The molecule has 2 N–H and O–H groups in total. The van der Waals surface area contributed by atoms with Gasteiger partial charge >= 0.3 is 6.18 Å². The van der Waals surface area contributed by atoms with Gasteiger partial charge in [0.25, 0.3) is 0 Å². The van der Waals surface area contributed by atoms with Gasteiger partial charge in [-0.05, 0) is 55.9 Å². The van der Waals surface area contributed by atoms with Crippen molar-refractivity contribution in [3.8, 4) is 0 Å². The number of hydrogen-bond acceptors (Lipinski definition) is 4. The maximum atomic E-state index is 13.9. The van der Waals surface area contributed by atoms with E-state index in [2.05, 4.69) is 20.6 Å². The number of aromatic nitrogens is 3. The Hall–Kier alpha value is -2.93. The Balaban J connectivity index is 1.20. The van der Waals surface area contributed by atoms with Gasteiger partial charge in [0.1, 0.15) is 0 Å². The number of amides is 2. The summed E-state index contributed by atoms with van der Waals surface area (Å²) in [7, 11) is 0. The number of carbonyl (C=O) groups excluding carboxylic acids is 2. The van der Waals surface area contributed by atoms with E-state index in [1.165, 1.54) is 0 Å². The fourth-order valence-electron chi connectivity index (χ4n) is 6.45. The normalized spacial score (nSPS) is 27.2. The van der Waals surface area contributed by atoms with Gasteiger partial charge in [0.15, 0.2) is 0 Å². The standard InChI is InChI=1S/C28H32F7N5O2/c29-26(30)6-3-16(4-7-26)23(39-24(42)17-10-18(17)28(33,34)35)20-13-40-8-5-19(36-25(40)37-20)22(15-1-2-15)38-21(41)9-14-11-27(31,32)12-14/h5,8,13-18,22-23H,1-4,6-7,9-12H2,(H,38,41)(H,39,42)/t17-,18-,22?,23+/m1/s1. The number of imidazole rings is 1. The Bertz CT molecular complexity index is 1340. The van der Waals surface area contributed by atoms with E-state index in [9.17, 15) is 40.3 Å². The zero-order chi connectivity index (χ0) is 30.0. The van der Waals surface area contributed by atoms with E-state index in [0.29, 0.717) is 11.4 Å². The summed E-state index contributed by atoms with van der Waals surface area (Å²) in [5, 5.41) is 5.62. The molecule has 7 nitrogen and oxygen atoms in total. The minimum absolute atomic E-state index is 0.00653. The van der Waals surface area contributed by atoms with E-state index in [4.69, 9.17) is 0 Å². The van der Waals surface area contributed by atoms with Crippen molar-refractivity contribution in [1.82, 2.24) is 25.0 Å². The first-order valence-corrected chi connectivity index (χ1v) is 14.5. The van der Waals surface area contributed by atoms with Crippen LogP contribution in [0.1, 0.15) is 87.7 Å². The third-order valence-electron chi connectivity index (χ3n) is 9.14. The summed E-state index contributed by atoms with van der Waals surface area (Å²) in [6, 6.07) is 0.396. The van der Waals surface area contributed by atoms with Gasteiger partial charge in [0.05, 0.1) is 35.3 Å². The molecule has 230 valence electrons. The van der Waals surface area contributed by atoms with E-state index in [-0.39, 0.29) is 62.0 Å². The van der Waals surface area contributed by atoms with Crippen molar-refractivity contribution in [3.05, 3.63) is 29.8 Å². The van der Waals surface area contributed by atoms with Crippen LogP contribution in [-0.2, 0) is 9.59 Å². The van der Waals surface area contributed by atoms with Crippen molar-refractivity contribution in [2.45, 2.75) is 94.3 Å². The van der Waals surface area contributed by atoms with Crippen molar-refractivity contribution in [2.75, 3.05) is 0 Å². The highest BCUT2D eigenvalue weighted by molar-refractivity contribution is 5.82. The molecule has 6 rings (SSSR count). The van der Waals surface area contributed by atoms with Crippen molar-refractivity contribution in [1.29, 1.82) is 0 Å². The zero-order valence-electron chi connectivity index (χ0n) is 22.6. The number of nitrogens with zero attached hydrogens (tertiary/aromatic N) is 3. The monoisotopic (exact) mass is 603 g/mol. The number of carbonyl (C=O) groups is 2. The molecule has 4 aliphatic carbocycles. The Morgan fingerprint density at radius 3 is 2.14 bits per heavy atom. The first-order chi connectivity index (χ1) is 19.7. The smallest absolute Gasteiger partial charge is 0.347 e. The van der Waals surface area contributed by atoms with Crippen molar-refractivity contribution in [2.24, 2.45) is 29.6 Å². The number of nitrogens with one attached hydrogen (secondary N) is 2. The number of alkyl halides is 7. The number of rotatable bonds is 9. The predicted molar refractivity (Wildman–Crippen MR) is 134 cm³/mol. The summed E-state index contributed by atoms with van der Waals surface area (Å²) in [4.78, 5) is 34.6. The van der Waals surface area contributed by atoms with Gasteiger partial charge in [-0.2, -0.15) is 13.2 Å². The molecular formula is C28H32F7N5O2. The van der Waals surface area contributed by atoms with Crippen LogP contribution in [-0.4, -0.2) is 44.2 Å². The fraction of sp³-hybridized carbons (Fsp3) is 0.714. The molecule has 4 saturated carbocycles. The van der Waals surface area contributed by atoms with Crippen LogP contribution in [0.15, 0.2) is 18.5 Å². The van der Waals surface area contributed by atoms with Crippen LogP contribution in [0.4, 0.5) is 30.7 Å². The topological polar surface area (TPSA) is 88.4 Å². The first-order valence-electron chi connectivity index (χ1n) is 14.5. The lowest BCUT2D eigenvalue weighted by atomic mass is 9.79. The van der Waals surface area contributed by atoms with E-state index in [0.717, 1.165) is 12.8 Å². The van der Waals surface area contributed by atoms with Gasteiger partial charge in [-0.3, -0.25) is 14.0 Å². The molecule has 4 aliphatic rings. The number of hydrogen-bond donors (Lipinski definition) is 2. The molecule has 0 saturated heterocycles. The van der Waals surface area contributed by atoms with Crippen LogP contribution < -0.4 is 10.6 Å². The van der Waals surface area contributed by atoms with Crippen LogP contribution in [0.2, 0.25) is 0 Å². The molecule has 2 heterocycles. The molecular weight excluding hydrogens is 571 g/mol. The lowest BCUT2D eigenvalue weighted by Crippen LogP contribution is -2.39. The molecule has 2 aromatic rings. The number of halogens is 7. The summed E-state index contributed by atoms with van der Waals surface area (Å²) in [6.45, 7) is 0. The van der Waals surface area contributed by atoms with Gasteiger partial charge in [0, 0.05) is 44.5 Å². The lowest BCUT2D eigenvalue weighted by Gasteiger charge is -2.34. The minimum Gasteiger partial charge on any atom is -0.347 e. The van der Waals surface area contributed by atoms with E-state index in [1.807, 2.05) is 0 Å². The van der Waals surface area contributed by atoms with Gasteiger partial charge in [-0.1, -0.05) is 0 Å². The molecule has 2 aromatic heterocycles. The molecule has 42 heavy (non-hydrogen) atoms. The SMILES string of the molecule is O=C(CC1CC(F)(F)C1)NC(c1ccn2cc([C@@H](NC(=O)[C@@H]3C[C@H]3C(F)(F)F)C3CCC(F)(F)CC3)nc2n1)C1CC1. The molecule has 0 bridgehead atoms. The van der Waals surface area contributed by atoms with Crippen LogP contribution >= 0.6 is 0 Å². The fourth-order valence-corrected chi connectivity index (χ4v) is 6.45.